The maximum absolute atomic E-state index is 12.2. The number of halogens is 3. The molecule has 1 aromatic heterocycles. The summed E-state index contributed by atoms with van der Waals surface area (Å²) in [5, 5.41) is 14.0. The maximum atomic E-state index is 12.2. The first-order valence-corrected chi connectivity index (χ1v) is 10.1. The number of hydrogen-bond donors (Lipinski definition) is 3. The quantitative estimate of drug-likeness (QED) is 0.324. The van der Waals surface area contributed by atoms with Gasteiger partial charge in [0.05, 0.1) is 19.4 Å². The monoisotopic (exact) mass is 468 g/mol. The lowest BCUT2D eigenvalue weighted by Gasteiger charge is -2.10. The number of nitrogens with zero attached hydrogens (tertiary/aromatic N) is 3. The van der Waals surface area contributed by atoms with Crippen molar-refractivity contribution in [1.29, 1.82) is 0 Å². The second-order valence-corrected chi connectivity index (χ2v) is 7.20. The fourth-order valence-electron chi connectivity index (χ4n) is 2.48. The molecule has 1 amide bonds. The number of amides is 1. The Balaban J connectivity index is 1.48. The highest BCUT2D eigenvalue weighted by Gasteiger charge is 2.30. The third-order valence-electron chi connectivity index (χ3n) is 3.98. The number of aromatic nitrogens is 3. The number of ether oxygens (including phenoxy) is 2. The van der Waals surface area contributed by atoms with Crippen molar-refractivity contribution in [3.05, 3.63) is 54.4 Å². The highest BCUT2D eigenvalue weighted by Crippen LogP contribution is 2.24. The lowest BCUT2D eigenvalue weighted by atomic mass is 10.3. The van der Waals surface area contributed by atoms with Crippen LogP contribution in [-0.4, -0.2) is 40.0 Å². The van der Waals surface area contributed by atoms with Gasteiger partial charge in [-0.25, -0.2) is 4.68 Å². The molecule has 3 rings (SSSR count). The van der Waals surface area contributed by atoms with Gasteiger partial charge in [-0.2, -0.15) is 0 Å². The van der Waals surface area contributed by atoms with Crippen LogP contribution < -0.4 is 25.9 Å². The molecular weight excluding hydrogens is 449 g/mol. The zero-order chi connectivity index (χ0) is 23.1. The molecule has 4 N–H and O–H groups in total. The summed E-state index contributed by atoms with van der Waals surface area (Å²) >= 11 is 1.07. The number of nitrogen functional groups attached to an aromatic ring is 1. The van der Waals surface area contributed by atoms with E-state index in [0.717, 1.165) is 35.3 Å². The predicted molar refractivity (Wildman–Crippen MR) is 113 cm³/mol. The van der Waals surface area contributed by atoms with Crippen molar-refractivity contribution in [2.24, 2.45) is 0 Å². The lowest BCUT2D eigenvalue weighted by molar-refractivity contribution is -0.274. The van der Waals surface area contributed by atoms with Gasteiger partial charge in [-0.1, -0.05) is 11.8 Å². The van der Waals surface area contributed by atoms with E-state index in [2.05, 4.69) is 25.6 Å². The first-order chi connectivity index (χ1) is 15.2. The second-order valence-electron chi connectivity index (χ2n) is 6.26. The largest absolute Gasteiger partial charge is 0.573 e. The zero-order valence-electron chi connectivity index (χ0n) is 16.7. The molecule has 170 valence electrons. The average molecular weight is 468 g/mol. The third-order valence-corrected chi connectivity index (χ3v) is 4.92. The van der Waals surface area contributed by atoms with Crippen molar-refractivity contribution in [2.45, 2.75) is 18.1 Å². The van der Waals surface area contributed by atoms with E-state index in [1.54, 1.807) is 7.11 Å². The van der Waals surface area contributed by atoms with E-state index in [1.165, 1.54) is 16.8 Å². The molecule has 0 aliphatic heterocycles. The molecule has 0 fully saturated rings. The molecular formula is C19H19F3N6O3S. The van der Waals surface area contributed by atoms with Gasteiger partial charge in [0, 0.05) is 11.4 Å². The minimum absolute atomic E-state index is 0.0257. The Bertz CT molecular complexity index is 1040. The summed E-state index contributed by atoms with van der Waals surface area (Å²) in [5.41, 5.74) is 1.16. The van der Waals surface area contributed by atoms with Gasteiger partial charge in [0.1, 0.15) is 11.5 Å². The van der Waals surface area contributed by atoms with Gasteiger partial charge in [-0.05, 0) is 48.5 Å². The number of anilines is 2. The molecule has 13 heteroatoms. The van der Waals surface area contributed by atoms with E-state index in [-0.39, 0.29) is 17.4 Å². The van der Waals surface area contributed by atoms with Crippen LogP contribution in [0.3, 0.4) is 0 Å². The number of rotatable bonds is 9. The van der Waals surface area contributed by atoms with Crippen LogP contribution in [0.1, 0.15) is 5.82 Å². The molecule has 0 unspecified atom stereocenters. The van der Waals surface area contributed by atoms with Crippen molar-refractivity contribution in [3.63, 3.8) is 0 Å². The van der Waals surface area contributed by atoms with E-state index in [0.29, 0.717) is 23.2 Å². The number of thioether (sulfide) groups is 1. The van der Waals surface area contributed by atoms with Gasteiger partial charge >= 0.3 is 6.36 Å². The minimum atomic E-state index is -4.78. The number of carbonyl (C=O) groups excluding carboxylic acids is 1. The van der Waals surface area contributed by atoms with E-state index in [4.69, 9.17) is 10.6 Å². The lowest BCUT2D eigenvalue weighted by Crippen LogP contribution is -2.18. The Morgan fingerprint density at radius 2 is 1.69 bits per heavy atom. The highest BCUT2D eigenvalue weighted by molar-refractivity contribution is 7.99. The van der Waals surface area contributed by atoms with Crippen LogP contribution in [0.4, 0.5) is 24.5 Å². The van der Waals surface area contributed by atoms with Crippen LogP contribution in [-0.2, 0) is 11.3 Å². The van der Waals surface area contributed by atoms with Crippen molar-refractivity contribution in [3.8, 4) is 11.5 Å². The van der Waals surface area contributed by atoms with E-state index < -0.39 is 6.36 Å². The molecule has 0 saturated heterocycles. The van der Waals surface area contributed by atoms with Gasteiger partial charge in [0.2, 0.25) is 11.1 Å². The van der Waals surface area contributed by atoms with Crippen LogP contribution in [0.15, 0.2) is 53.7 Å². The molecule has 1 heterocycles. The first kappa shape index (κ1) is 23.1. The number of hydrogen-bond acceptors (Lipinski definition) is 8. The highest BCUT2D eigenvalue weighted by atomic mass is 32.2. The van der Waals surface area contributed by atoms with Crippen molar-refractivity contribution >= 4 is 29.0 Å². The molecule has 0 radical (unpaired) electrons. The molecule has 32 heavy (non-hydrogen) atoms. The normalized spacial score (nSPS) is 11.1. The van der Waals surface area contributed by atoms with Crippen LogP contribution >= 0.6 is 11.8 Å². The first-order valence-electron chi connectivity index (χ1n) is 9.09. The molecule has 0 atom stereocenters. The van der Waals surface area contributed by atoms with Crippen LogP contribution in [0, 0.1) is 0 Å². The fraction of sp³-hybridized carbons (Fsp3) is 0.211. The summed E-state index contributed by atoms with van der Waals surface area (Å²) in [5.74, 6) is 6.40. The number of methoxy groups -OCH3 is 1. The SMILES string of the molecule is COc1ccc(NCc2nnc(SCC(=O)Nc3ccc(OC(F)(F)F)cc3)n2N)cc1. The van der Waals surface area contributed by atoms with Gasteiger partial charge in [0.15, 0.2) is 5.82 Å². The van der Waals surface area contributed by atoms with Crippen LogP contribution in [0.5, 0.6) is 11.5 Å². The summed E-state index contributed by atoms with van der Waals surface area (Å²) < 4.78 is 46.7. The predicted octanol–water partition coefficient (Wildman–Crippen LogP) is 3.24. The molecule has 0 aliphatic rings. The second kappa shape index (κ2) is 10.1. The van der Waals surface area contributed by atoms with Crippen LogP contribution in [0.25, 0.3) is 0 Å². The molecule has 0 bridgehead atoms. The smallest absolute Gasteiger partial charge is 0.497 e. The van der Waals surface area contributed by atoms with E-state index in [1.807, 2.05) is 24.3 Å². The number of carbonyl (C=O) groups is 1. The maximum Gasteiger partial charge on any atom is 0.573 e. The van der Waals surface area contributed by atoms with E-state index >= 15 is 0 Å². The molecule has 0 spiro atoms. The summed E-state index contributed by atoms with van der Waals surface area (Å²) in [6.45, 7) is 0.314. The molecule has 0 saturated carbocycles. The molecule has 9 nitrogen and oxygen atoms in total. The minimum Gasteiger partial charge on any atom is -0.497 e. The van der Waals surface area contributed by atoms with Crippen molar-refractivity contribution in [2.75, 3.05) is 29.3 Å². The Morgan fingerprint density at radius 1 is 1.06 bits per heavy atom. The Kier molecular flexibility index (Phi) is 7.30. The average Bonchev–Trinajstić information content (AvgIpc) is 3.11. The van der Waals surface area contributed by atoms with Gasteiger partial charge in [-0.15, -0.1) is 23.4 Å². The molecule has 2 aromatic carbocycles. The Hall–Kier alpha value is -3.61. The Labute approximate surface area is 185 Å². The van der Waals surface area contributed by atoms with Crippen LogP contribution in [0.2, 0.25) is 0 Å². The Morgan fingerprint density at radius 3 is 2.31 bits per heavy atom. The van der Waals surface area contributed by atoms with Crippen molar-refractivity contribution < 1.29 is 27.4 Å². The van der Waals surface area contributed by atoms with Crippen molar-refractivity contribution in [1.82, 2.24) is 14.9 Å². The molecule has 3 aromatic rings. The molecule has 0 aliphatic carbocycles. The summed E-state index contributed by atoms with van der Waals surface area (Å²) in [6.07, 6.45) is -4.78. The number of nitrogens with one attached hydrogen (secondary N) is 2. The summed E-state index contributed by atoms with van der Waals surface area (Å²) in [7, 11) is 1.59. The number of alkyl halides is 3. The van der Waals surface area contributed by atoms with E-state index in [9.17, 15) is 18.0 Å². The van der Waals surface area contributed by atoms with Gasteiger partial charge in [0.25, 0.3) is 0 Å². The fourth-order valence-corrected chi connectivity index (χ4v) is 3.16. The number of benzene rings is 2. The summed E-state index contributed by atoms with van der Waals surface area (Å²) in [4.78, 5) is 12.1. The third kappa shape index (κ3) is 6.70. The summed E-state index contributed by atoms with van der Waals surface area (Å²) in [6, 6.07) is 12.1. The van der Waals surface area contributed by atoms with Gasteiger partial charge in [-0.3, -0.25) is 4.79 Å². The zero-order valence-corrected chi connectivity index (χ0v) is 17.5. The van der Waals surface area contributed by atoms with Gasteiger partial charge < -0.3 is 25.9 Å². The standard InChI is InChI=1S/C19H19F3N6O3S/c1-30-14-6-2-12(3-7-14)24-10-16-26-27-18(28(16)23)32-11-17(29)25-13-4-8-15(9-5-13)31-19(20,21)22/h2-9,24H,10-11,23H2,1H3,(H,25,29). The number of nitrogens with two attached hydrogens (primary N) is 1. The topological polar surface area (TPSA) is 116 Å².